The van der Waals surface area contributed by atoms with Crippen molar-refractivity contribution in [3.8, 4) is 0 Å². The quantitative estimate of drug-likeness (QED) is 0.0517. The summed E-state index contributed by atoms with van der Waals surface area (Å²) in [6.07, 6.45) is -4.28. The van der Waals surface area contributed by atoms with Gasteiger partial charge in [0, 0.05) is 0 Å². The van der Waals surface area contributed by atoms with E-state index in [0.29, 0.717) is 6.42 Å². The number of rotatable bonds is 24. The van der Waals surface area contributed by atoms with E-state index in [4.69, 9.17) is 48.8 Å². The monoisotopic (exact) mass is 1060 g/mol. The Hall–Kier alpha value is -4.99. The van der Waals surface area contributed by atoms with E-state index < -0.39 is 147 Å². The van der Waals surface area contributed by atoms with Crippen molar-refractivity contribution in [1.29, 1.82) is 0 Å². The average Bonchev–Trinajstić information content (AvgIpc) is 3.86. The van der Waals surface area contributed by atoms with Gasteiger partial charge in [0.2, 0.25) is 23.6 Å². The SMILES string of the molecule is CC(O)[C@H](NS(=O)(=O)N[C@@H](CC(=O)O)c1nnc([C@@H](N)CO)o1)C(=O)O.CC[C@H](NC(=O)OC(C)(C)C)c1nnc([C@H](CC(=O)OC(C)(C)C)NS(=O)(=O)N[C@H](C(=O)OC(C)(C)C)C(C)OC(C)(C)C)o1. The molecule has 2 aromatic heterocycles. The van der Waals surface area contributed by atoms with Crippen LogP contribution in [-0.2, 0) is 58.5 Å². The first-order chi connectivity index (χ1) is 32.1. The number of nitrogens with two attached hydrogens (primary N) is 1. The van der Waals surface area contributed by atoms with E-state index in [-0.39, 0.29) is 17.7 Å². The van der Waals surface area contributed by atoms with Crippen LogP contribution in [0.2, 0.25) is 0 Å². The highest BCUT2D eigenvalue weighted by Crippen LogP contribution is 2.25. The summed E-state index contributed by atoms with van der Waals surface area (Å²) < 4.78 is 92.1. The lowest BCUT2D eigenvalue weighted by molar-refractivity contribution is -0.164. The lowest BCUT2D eigenvalue weighted by Crippen LogP contribution is -2.55. The van der Waals surface area contributed by atoms with Gasteiger partial charge in [-0.1, -0.05) is 6.92 Å². The van der Waals surface area contributed by atoms with Crippen LogP contribution in [0, 0.1) is 0 Å². The second kappa shape index (κ2) is 26.1. The van der Waals surface area contributed by atoms with E-state index in [9.17, 15) is 45.9 Å². The van der Waals surface area contributed by atoms with Gasteiger partial charge in [0.1, 0.15) is 53.1 Å². The minimum atomic E-state index is -4.59. The van der Waals surface area contributed by atoms with Crippen LogP contribution in [0.3, 0.4) is 0 Å². The second-order valence-electron chi connectivity index (χ2n) is 19.8. The number of amides is 1. The van der Waals surface area contributed by atoms with Gasteiger partial charge < -0.3 is 59.3 Å². The van der Waals surface area contributed by atoms with Crippen LogP contribution in [-0.4, -0.2) is 141 Å². The first-order valence-electron chi connectivity index (χ1n) is 21.9. The Labute approximate surface area is 412 Å². The van der Waals surface area contributed by atoms with Crippen LogP contribution in [0.4, 0.5) is 4.79 Å². The highest BCUT2D eigenvalue weighted by Gasteiger charge is 2.39. The van der Waals surface area contributed by atoms with E-state index in [1.165, 1.54) is 6.92 Å². The van der Waals surface area contributed by atoms with E-state index in [1.807, 2.05) is 4.72 Å². The molecule has 29 nitrogen and oxygen atoms in total. The molecule has 0 spiro atoms. The summed E-state index contributed by atoms with van der Waals surface area (Å²) in [5.74, 6) is -5.73. The summed E-state index contributed by atoms with van der Waals surface area (Å²) in [4.78, 5) is 60.2. The summed E-state index contributed by atoms with van der Waals surface area (Å²) in [5, 5.41) is 53.6. The number of nitrogens with zero attached hydrogens (tertiary/aromatic N) is 4. The average molecular weight is 1060 g/mol. The van der Waals surface area contributed by atoms with Crippen LogP contribution in [0.5, 0.6) is 0 Å². The van der Waals surface area contributed by atoms with Crippen molar-refractivity contribution in [2.24, 2.45) is 5.73 Å². The number of carboxylic acids is 2. The molecule has 0 saturated heterocycles. The zero-order valence-electron chi connectivity index (χ0n) is 42.5. The van der Waals surface area contributed by atoms with Crippen molar-refractivity contribution in [3.63, 3.8) is 0 Å². The largest absolute Gasteiger partial charge is 0.481 e. The molecule has 2 heterocycles. The van der Waals surface area contributed by atoms with Gasteiger partial charge in [-0.2, -0.15) is 35.7 Å². The summed E-state index contributed by atoms with van der Waals surface area (Å²) >= 11 is 0. The Morgan fingerprint density at radius 2 is 1.06 bits per heavy atom. The maximum atomic E-state index is 13.5. The van der Waals surface area contributed by atoms with Crippen LogP contribution in [0.15, 0.2) is 8.83 Å². The maximum absolute atomic E-state index is 13.5. The molecule has 408 valence electrons. The van der Waals surface area contributed by atoms with E-state index in [0.717, 1.165) is 6.92 Å². The summed E-state index contributed by atoms with van der Waals surface area (Å²) in [7, 11) is -9.17. The molecule has 0 aromatic carbocycles. The lowest BCUT2D eigenvalue weighted by Gasteiger charge is -2.32. The van der Waals surface area contributed by atoms with Gasteiger partial charge in [-0.15, -0.1) is 20.4 Å². The topological polar surface area (TPSA) is 435 Å². The molecule has 71 heavy (non-hydrogen) atoms. The molecule has 2 aromatic rings. The molecule has 0 aliphatic rings. The normalized spacial score (nSPS) is 16.1. The fraction of sp³-hybridized carbons (Fsp3) is 0.775. The summed E-state index contributed by atoms with van der Waals surface area (Å²) in [5.41, 5.74) is 2.20. The number of hydrogen-bond donors (Lipinski definition) is 10. The van der Waals surface area contributed by atoms with Crippen molar-refractivity contribution < 1.29 is 89.0 Å². The van der Waals surface area contributed by atoms with Crippen molar-refractivity contribution in [2.75, 3.05) is 6.61 Å². The molecular weight excluding hydrogens is 989 g/mol. The Bertz CT molecular complexity index is 2300. The maximum Gasteiger partial charge on any atom is 0.408 e. The number of alkyl carbamates (subject to hydrolysis) is 1. The Morgan fingerprint density at radius 1 is 0.634 bits per heavy atom. The fourth-order valence-electron chi connectivity index (χ4n) is 5.47. The first-order valence-corrected chi connectivity index (χ1v) is 24.9. The zero-order chi connectivity index (χ0) is 55.2. The highest BCUT2D eigenvalue weighted by atomic mass is 32.2. The summed E-state index contributed by atoms with van der Waals surface area (Å²) in [6.45, 7) is 24.1. The number of carbonyl (C=O) groups excluding carboxylic acids is 3. The van der Waals surface area contributed by atoms with Gasteiger partial charge in [-0.05, 0) is 103 Å². The summed E-state index contributed by atoms with van der Waals surface area (Å²) in [6, 6.07) is -8.15. The number of esters is 2. The van der Waals surface area contributed by atoms with Crippen molar-refractivity contribution in [1.82, 2.24) is 44.6 Å². The van der Waals surface area contributed by atoms with Crippen LogP contribution in [0.1, 0.15) is 171 Å². The van der Waals surface area contributed by atoms with Gasteiger partial charge in [0.15, 0.2) is 0 Å². The molecular formula is C40H72N10O19S2. The van der Waals surface area contributed by atoms with Gasteiger partial charge >= 0.3 is 30.0 Å². The van der Waals surface area contributed by atoms with Crippen LogP contribution < -0.4 is 29.9 Å². The Kier molecular flexibility index (Phi) is 23.5. The van der Waals surface area contributed by atoms with E-state index >= 15 is 0 Å². The minimum absolute atomic E-state index is 0.0430. The molecule has 2 rings (SSSR count). The molecule has 11 N–H and O–H groups in total. The molecule has 2 unspecified atom stereocenters. The molecule has 31 heteroatoms. The number of nitrogens with one attached hydrogen (secondary N) is 5. The van der Waals surface area contributed by atoms with Crippen molar-refractivity contribution in [2.45, 2.75) is 194 Å². The third kappa shape index (κ3) is 25.3. The van der Waals surface area contributed by atoms with Crippen molar-refractivity contribution in [3.05, 3.63) is 23.6 Å². The molecule has 0 bridgehead atoms. The van der Waals surface area contributed by atoms with Gasteiger partial charge in [0.05, 0.1) is 37.3 Å². The molecule has 0 fully saturated rings. The van der Waals surface area contributed by atoms with Crippen LogP contribution in [0.25, 0.3) is 0 Å². The van der Waals surface area contributed by atoms with E-state index in [1.54, 1.807) is 94.7 Å². The van der Waals surface area contributed by atoms with Crippen molar-refractivity contribution >= 4 is 50.4 Å². The Morgan fingerprint density at radius 3 is 1.45 bits per heavy atom. The minimum Gasteiger partial charge on any atom is -0.481 e. The third-order valence-electron chi connectivity index (χ3n) is 8.17. The highest BCUT2D eigenvalue weighted by molar-refractivity contribution is 7.87. The number of aromatic nitrogens is 4. The molecule has 0 radical (unpaired) electrons. The lowest BCUT2D eigenvalue weighted by atomic mass is 10.1. The Balaban J connectivity index is 0.000000820. The number of carboxylic acid groups (broad SMARTS) is 2. The first kappa shape index (κ1) is 64.0. The number of ether oxygens (including phenoxy) is 4. The number of aliphatic hydroxyl groups excluding tert-OH is 2. The predicted molar refractivity (Wildman–Crippen MR) is 247 cm³/mol. The second-order valence-corrected chi connectivity index (χ2v) is 22.8. The predicted octanol–water partition coefficient (Wildman–Crippen LogP) is 0.992. The fourth-order valence-corrected chi connectivity index (χ4v) is 7.98. The molecule has 8 atom stereocenters. The standard InChI is InChI=1S/C29H53N5O10S.C11H19N5O9S/c1-15-18(30-25(37)44-29(12,13)14)22-31-32-23(40-22)19(16-20(35)42-27(6,7)8)33-45(38,39)34-21(17(2)41-26(3,4)5)24(36)43-28(9,10)11;1-4(18)8(11(21)22)16-26(23,24)15-6(2-7(19)20)10-14-13-9(25-10)5(12)3-17/h17-19,21,33-34H,15-16H2,1-14H3,(H,30,37);4-6,8,15-18H,2-3,12H2,1H3,(H,19,20)(H,21,22)/t17?,18-,19-,21-;4?,5-,6-,8-/m00/s1. The molecule has 0 saturated carbocycles. The smallest absolute Gasteiger partial charge is 0.408 e. The van der Waals surface area contributed by atoms with Gasteiger partial charge in [-0.25, -0.2) is 4.79 Å². The molecule has 0 aliphatic carbocycles. The number of aliphatic hydroxyl groups is 2. The van der Waals surface area contributed by atoms with Gasteiger partial charge in [0.25, 0.3) is 20.4 Å². The molecule has 0 aliphatic heterocycles. The number of carbonyl (C=O) groups is 5. The van der Waals surface area contributed by atoms with Crippen LogP contribution >= 0.6 is 0 Å². The number of hydrogen-bond acceptors (Lipinski definition) is 22. The van der Waals surface area contributed by atoms with E-state index in [2.05, 4.69) is 35.2 Å². The molecule has 1 amide bonds. The third-order valence-corrected chi connectivity index (χ3v) is 10.5. The zero-order valence-corrected chi connectivity index (χ0v) is 44.2. The van der Waals surface area contributed by atoms with Gasteiger partial charge in [-0.3, -0.25) is 19.2 Å². The number of aliphatic carboxylic acids is 2.